The van der Waals surface area contributed by atoms with Gasteiger partial charge in [0.15, 0.2) is 0 Å². The van der Waals surface area contributed by atoms with Crippen molar-refractivity contribution in [3.8, 4) is 11.3 Å². The van der Waals surface area contributed by atoms with Gasteiger partial charge in [-0.15, -0.1) is 0 Å². The summed E-state index contributed by atoms with van der Waals surface area (Å²) in [6, 6.07) is 12.3. The van der Waals surface area contributed by atoms with Crippen LogP contribution in [0.15, 0.2) is 48.8 Å². The fourth-order valence-electron chi connectivity index (χ4n) is 5.19. The van der Waals surface area contributed by atoms with E-state index in [2.05, 4.69) is 72.2 Å². The molecule has 176 valence electrons. The Morgan fingerprint density at radius 3 is 2.30 bits per heavy atom. The number of pyridine rings is 1. The Morgan fingerprint density at radius 1 is 1.06 bits per heavy atom. The molecule has 0 bridgehead atoms. The van der Waals surface area contributed by atoms with Gasteiger partial charge in [0.2, 0.25) is 0 Å². The molecular formula is C27H36N4O2. The van der Waals surface area contributed by atoms with Gasteiger partial charge in [-0.2, -0.15) is 5.10 Å². The van der Waals surface area contributed by atoms with Crippen LogP contribution in [0, 0.1) is 5.41 Å². The number of H-pyrrole nitrogens is 1. The number of aromatic amines is 1. The van der Waals surface area contributed by atoms with Crippen LogP contribution in [-0.4, -0.2) is 56.0 Å². The quantitative estimate of drug-likeness (QED) is 0.507. The van der Waals surface area contributed by atoms with Gasteiger partial charge < -0.3 is 15.1 Å². The molecule has 2 aromatic heterocycles. The second-order valence-corrected chi connectivity index (χ2v) is 10.9. The third-order valence-electron chi connectivity index (χ3n) is 6.81. The molecule has 3 N–H and O–H groups in total. The Hall–Kier alpha value is -2.54. The van der Waals surface area contributed by atoms with Gasteiger partial charge in [-0.3, -0.25) is 10.1 Å². The molecule has 6 nitrogen and oxygen atoms in total. The summed E-state index contributed by atoms with van der Waals surface area (Å²) < 4.78 is 0. The Morgan fingerprint density at radius 2 is 1.73 bits per heavy atom. The maximum absolute atomic E-state index is 12.4. The first-order valence-corrected chi connectivity index (χ1v) is 11.7. The summed E-state index contributed by atoms with van der Waals surface area (Å²) in [5.41, 5.74) is 2.97. The van der Waals surface area contributed by atoms with E-state index in [4.69, 9.17) is 0 Å². The maximum Gasteiger partial charge on any atom is 0.124 e. The fraction of sp³-hybridized carbons (Fsp3) is 0.481. The zero-order valence-electron chi connectivity index (χ0n) is 20.6. The molecule has 0 unspecified atom stereocenters. The van der Waals surface area contributed by atoms with E-state index in [0.29, 0.717) is 12.3 Å². The van der Waals surface area contributed by atoms with Gasteiger partial charge in [0, 0.05) is 54.1 Å². The van der Waals surface area contributed by atoms with Crippen LogP contribution in [0.1, 0.15) is 62.9 Å². The van der Waals surface area contributed by atoms with Gasteiger partial charge >= 0.3 is 0 Å². The van der Waals surface area contributed by atoms with Gasteiger partial charge in [0.05, 0.1) is 11.3 Å². The van der Waals surface area contributed by atoms with Crippen molar-refractivity contribution in [2.24, 2.45) is 5.41 Å². The molecule has 1 fully saturated rings. The monoisotopic (exact) mass is 448 g/mol. The summed E-state index contributed by atoms with van der Waals surface area (Å²) in [6.45, 7) is 11.6. The van der Waals surface area contributed by atoms with Crippen LogP contribution in [0.3, 0.4) is 0 Å². The fourth-order valence-corrected chi connectivity index (χ4v) is 5.19. The molecule has 33 heavy (non-hydrogen) atoms. The summed E-state index contributed by atoms with van der Waals surface area (Å²) in [5, 5.41) is 30.0. The average Bonchev–Trinajstić information content (AvgIpc) is 3.19. The molecule has 0 amide bonds. The van der Waals surface area contributed by atoms with Gasteiger partial charge in [-0.25, -0.2) is 0 Å². The molecular weight excluding hydrogens is 412 g/mol. The Kier molecular flexibility index (Phi) is 5.97. The molecule has 0 saturated carbocycles. The predicted octanol–water partition coefficient (Wildman–Crippen LogP) is 4.10. The first kappa shape index (κ1) is 23.6. The summed E-state index contributed by atoms with van der Waals surface area (Å²) in [5.74, 6) is 0.431. The molecule has 1 aliphatic heterocycles. The average molecular weight is 449 g/mol. The number of nitrogens with zero attached hydrogens (tertiary/aromatic N) is 3. The second kappa shape index (κ2) is 8.35. The lowest BCUT2D eigenvalue weighted by Crippen LogP contribution is -2.63. The minimum Gasteiger partial charge on any atom is -0.390 e. The molecule has 4 rings (SSSR count). The molecule has 1 aromatic carbocycles. The first-order valence-electron chi connectivity index (χ1n) is 11.7. The predicted molar refractivity (Wildman–Crippen MR) is 131 cm³/mol. The molecule has 3 heterocycles. The van der Waals surface area contributed by atoms with Crippen molar-refractivity contribution >= 4 is 0 Å². The molecule has 0 radical (unpaired) electrons. The molecule has 1 atom stereocenters. The van der Waals surface area contributed by atoms with Crippen molar-refractivity contribution in [1.29, 1.82) is 0 Å². The van der Waals surface area contributed by atoms with Crippen molar-refractivity contribution in [2.45, 2.75) is 58.2 Å². The van der Waals surface area contributed by atoms with Crippen LogP contribution >= 0.6 is 0 Å². The molecule has 0 spiro atoms. The van der Waals surface area contributed by atoms with Gasteiger partial charge in [0.1, 0.15) is 5.60 Å². The van der Waals surface area contributed by atoms with Crippen molar-refractivity contribution in [3.63, 3.8) is 0 Å². The van der Waals surface area contributed by atoms with Crippen molar-refractivity contribution < 1.29 is 10.2 Å². The highest BCUT2D eigenvalue weighted by molar-refractivity contribution is 5.60. The number of aromatic nitrogens is 3. The van der Waals surface area contributed by atoms with Crippen molar-refractivity contribution in [3.05, 3.63) is 71.2 Å². The summed E-state index contributed by atoms with van der Waals surface area (Å²) in [4.78, 5) is 6.72. The topological polar surface area (TPSA) is 85.3 Å². The number of benzene rings is 1. The SMILES string of the molecule is CC(C)c1ccc([C@](O)(c2cncc(-c3cc(CC(C)(C)O)[nH]n3)c2)C2(C)CN(C)C2)cc1. The van der Waals surface area contributed by atoms with Crippen LogP contribution in [0.5, 0.6) is 0 Å². The summed E-state index contributed by atoms with van der Waals surface area (Å²) in [7, 11) is 2.08. The highest BCUT2D eigenvalue weighted by atomic mass is 16.3. The van der Waals surface area contributed by atoms with E-state index < -0.39 is 11.2 Å². The van der Waals surface area contributed by atoms with E-state index in [1.54, 1.807) is 26.2 Å². The molecule has 1 saturated heterocycles. The molecule has 1 aliphatic rings. The van der Waals surface area contributed by atoms with Crippen LogP contribution in [0.2, 0.25) is 0 Å². The van der Waals surface area contributed by atoms with Crippen molar-refractivity contribution in [2.75, 3.05) is 20.1 Å². The van der Waals surface area contributed by atoms with Gasteiger partial charge in [-0.05, 0) is 50.1 Å². The number of hydrogen-bond donors (Lipinski definition) is 3. The smallest absolute Gasteiger partial charge is 0.124 e. The number of nitrogens with one attached hydrogen (secondary N) is 1. The largest absolute Gasteiger partial charge is 0.390 e. The number of hydrogen-bond acceptors (Lipinski definition) is 5. The van der Waals surface area contributed by atoms with Crippen LogP contribution in [0.25, 0.3) is 11.3 Å². The van der Waals surface area contributed by atoms with Crippen LogP contribution in [0.4, 0.5) is 0 Å². The number of rotatable bonds is 7. The number of aliphatic hydroxyl groups is 2. The summed E-state index contributed by atoms with van der Waals surface area (Å²) in [6.07, 6.45) is 4.02. The van der Waals surface area contributed by atoms with E-state index in [1.807, 2.05) is 12.1 Å². The van der Waals surface area contributed by atoms with E-state index in [1.165, 1.54) is 5.56 Å². The first-order chi connectivity index (χ1) is 15.4. The third-order valence-corrected chi connectivity index (χ3v) is 6.81. The minimum atomic E-state index is -1.19. The lowest BCUT2D eigenvalue weighted by molar-refractivity contribution is -0.127. The Balaban J connectivity index is 1.76. The van der Waals surface area contributed by atoms with Gasteiger partial charge in [0.25, 0.3) is 0 Å². The third kappa shape index (κ3) is 4.47. The van der Waals surface area contributed by atoms with E-state index in [0.717, 1.165) is 41.2 Å². The molecule has 6 heteroatoms. The lowest BCUT2D eigenvalue weighted by Gasteiger charge is -2.55. The highest BCUT2D eigenvalue weighted by Crippen LogP contribution is 2.50. The second-order valence-electron chi connectivity index (χ2n) is 10.9. The van der Waals surface area contributed by atoms with Gasteiger partial charge in [-0.1, -0.05) is 45.0 Å². The summed E-state index contributed by atoms with van der Waals surface area (Å²) >= 11 is 0. The zero-order chi connectivity index (χ0) is 24.0. The van der Waals surface area contributed by atoms with Crippen LogP contribution in [-0.2, 0) is 12.0 Å². The normalized spacial score (nSPS) is 18.2. The van der Waals surface area contributed by atoms with E-state index >= 15 is 0 Å². The molecule has 0 aliphatic carbocycles. The van der Waals surface area contributed by atoms with E-state index in [9.17, 15) is 10.2 Å². The van der Waals surface area contributed by atoms with Crippen molar-refractivity contribution in [1.82, 2.24) is 20.1 Å². The molecule has 3 aromatic rings. The lowest BCUT2D eigenvalue weighted by atomic mass is 9.62. The van der Waals surface area contributed by atoms with Crippen LogP contribution < -0.4 is 0 Å². The Bertz CT molecular complexity index is 1110. The minimum absolute atomic E-state index is 0.348. The zero-order valence-corrected chi connectivity index (χ0v) is 20.6. The Labute approximate surface area is 196 Å². The highest BCUT2D eigenvalue weighted by Gasteiger charge is 2.55. The maximum atomic E-state index is 12.4. The number of likely N-dealkylation sites (tertiary alicyclic amines) is 1. The van der Waals surface area contributed by atoms with E-state index in [-0.39, 0.29) is 5.41 Å². The standard InChI is InChI=1S/C27H36N4O2/c1-18(2)19-7-9-21(10-8-19)27(33,26(5)16-31(6)17-26)22-11-20(14-28-15-22)24-12-23(29-30-24)13-25(3,4)32/h7-12,14-15,18,32-33H,13,16-17H2,1-6H3,(H,29,30)/t27-/m0/s1.